The lowest BCUT2D eigenvalue weighted by molar-refractivity contribution is 0.0654. The molecule has 0 radical (unpaired) electrons. The van der Waals surface area contributed by atoms with E-state index in [0.717, 1.165) is 48.8 Å². The highest BCUT2D eigenvalue weighted by Crippen LogP contribution is 2.31. The lowest BCUT2D eigenvalue weighted by Gasteiger charge is -2.36. The third kappa shape index (κ3) is 8.41. The van der Waals surface area contributed by atoms with Gasteiger partial charge >= 0.3 is 8.80 Å². The first kappa shape index (κ1) is 28.0. The summed E-state index contributed by atoms with van der Waals surface area (Å²) in [5.41, 5.74) is -0.678. The molecule has 0 aliphatic rings. The normalized spacial score (nSPS) is 12.8. The summed E-state index contributed by atoms with van der Waals surface area (Å²) in [4.78, 5) is 0. The fourth-order valence-electron chi connectivity index (χ4n) is 2.77. The average Bonchev–Trinajstić information content (AvgIpc) is 2.73. The molecule has 0 amide bonds. The van der Waals surface area contributed by atoms with Gasteiger partial charge in [-0.1, -0.05) is 40.7 Å². The van der Waals surface area contributed by atoms with Crippen LogP contribution >= 0.6 is 0 Å². The molecular formula is C25H46O5Si. The predicted octanol–water partition coefficient (Wildman–Crippen LogP) is 6.25. The Bertz CT molecular complexity index is 587. The second-order valence-corrected chi connectivity index (χ2v) is 11.6. The zero-order valence-corrected chi connectivity index (χ0v) is 22.4. The van der Waals surface area contributed by atoms with Gasteiger partial charge in [0.05, 0.1) is 0 Å². The van der Waals surface area contributed by atoms with Crippen LogP contribution in [0.3, 0.4) is 0 Å². The van der Waals surface area contributed by atoms with Crippen LogP contribution in [-0.2, 0) is 13.3 Å². The van der Waals surface area contributed by atoms with Crippen molar-refractivity contribution in [3.63, 3.8) is 0 Å². The lowest BCUT2D eigenvalue weighted by atomic mass is 10.1. The fraction of sp³-hybridized carbons (Fsp3) is 0.760. The van der Waals surface area contributed by atoms with Crippen molar-refractivity contribution in [3.05, 3.63) is 18.2 Å². The van der Waals surface area contributed by atoms with Gasteiger partial charge in [-0.3, -0.25) is 0 Å². The Labute approximate surface area is 192 Å². The highest BCUT2D eigenvalue weighted by Gasteiger charge is 2.50. The Hall–Kier alpha value is -1.08. The van der Waals surface area contributed by atoms with Crippen molar-refractivity contribution < 1.29 is 22.8 Å². The number of benzene rings is 1. The largest absolute Gasteiger partial charge is 0.544 e. The Morgan fingerprint density at radius 2 is 1.00 bits per heavy atom. The van der Waals surface area contributed by atoms with Crippen LogP contribution in [-0.4, -0.2) is 39.8 Å². The summed E-state index contributed by atoms with van der Waals surface area (Å²) < 4.78 is 32.5. The first-order valence-electron chi connectivity index (χ1n) is 12.0. The quantitative estimate of drug-likeness (QED) is 0.276. The summed E-state index contributed by atoms with van der Waals surface area (Å²) in [6.45, 7) is 20.6. The van der Waals surface area contributed by atoms with Gasteiger partial charge in [-0.25, -0.2) is 0 Å². The van der Waals surface area contributed by atoms with Crippen molar-refractivity contribution >= 4 is 14.0 Å². The van der Waals surface area contributed by atoms with Gasteiger partial charge in [-0.15, -0.1) is 0 Å². The number of hydrogen-bond donors (Lipinski definition) is 0. The summed E-state index contributed by atoms with van der Waals surface area (Å²) in [6, 6.07) is 5.95. The van der Waals surface area contributed by atoms with Gasteiger partial charge < -0.3 is 22.8 Å². The highest BCUT2D eigenvalue weighted by molar-refractivity contribution is 6.77. The monoisotopic (exact) mass is 454 g/mol. The van der Waals surface area contributed by atoms with Crippen LogP contribution < -0.4 is 14.7 Å². The summed E-state index contributed by atoms with van der Waals surface area (Å²) in [6.07, 6.45) is 4.36. The third-order valence-corrected chi connectivity index (χ3v) is 8.12. The maximum Gasteiger partial charge on any atom is 0.544 e. The zero-order valence-electron chi connectivity index (χ0n) is 21.4. The van der Waals surface area contributed by atoms with Gasteiger partial charge in [0.2, 0.25) is 0 Å². The van der Waals surface area contributed by atoms with E-state index in [4.69, 9.17) is 22.8 Å². The first-order chi connectivity index (χ1) is 14.6. The van der Waals surface area contributed by atoms with Crippen LogP contribution in [0.2, 0.25) is 0 Å². The van der Waals surface area contributed by atoms with Crippen LogP contribution in [0.25, 0.3) is 0 Å². The molecule has 1 aromatic carbocycles. The molecule has 5 nitrogen and oxygen atoms in total. The van der Waals surface area contributed by atoms with Crippen molar-refractivity contribution in [2.24, 2.45) is 0 Å². The third-order valence-electron chi connectivity index (χ3n) is 5.26. The lowest BCUT2D eigenvalue weighted by Crippen LogP contribution is -2.58. The van der Waals surface area contributed by atoms with Crippen LogP contribution in [0.1, 0.15) is 94.4 Å². The Morgan fingerprint density at radius 1 is 0.645 bits per heavy atom. The molecule has 0 atom stereocenters. The Kier molecular flexibility index (Phi) is 11.6. The maximum absolute atomic E-state index is 6.53. The van der Waals surface area contributed by atoms with Gasteiger partial charge in [0.25, 0.3) is 0 Å². The summed E-state index contributed by atoms with van der Waals surface area (Å²) in [5.74, 6) is 1.46. The van der Waals surface area contributed by atoms with Crippen LogP contribution in [0.4, 0.5) is 0 Å². The molecule has 6 heteroatoms. The molecule has 0 unspecified atom stereocenters. The maximum atomic E-state index is 6.53. The number of hydrogen-bond acceptors (Lipinski definition) is 5. The zero-order chi connectivity index (χ0) is 23.5. The molecule has 0 saturated heterocycles. The average molecular weight is 455 g/mol. The van der Waals surface area contributed by atoms with E-state index in [2.05, 4.69) is 62.3 Å². The van der Waals surface area contributed by atoms with E-state index < -0.39 is 8.80 Å². The van der Waals surface area contributed by atoms with Gasteiger partial charge in [-0.05, 0) is 71.9 Å². The second kappa shape index (κ2) is 12.8. The summed E-state index contributed by atoms with van der Waals surface area (Å²) >= 11 is 0. The number of ether oxygens (including phenoxy) is 2. The molecule has 1 rings (SSSR count). The fourth-order valence-corrected chi connectivity index (χ4v) is 5.75. The molecule has 0 N–H and O–H groups in total. The smallest absolute Gasteiger partial charge is 0.488 e. The van der Waals surface area contributed by atoms with Crippen molar-refractivity contribution in [1.82, 2.24) is 0 Å². The summed E-state index contributed by atoms with van der Waals surface area (Å²) in [7, 11) is -3.30. The van der Waals surface area contributed by atoms with Crippen molar-refractivity contribution in [3.8, 4) is 11.5 Å². The minimum absolute atomic E-state index is 0.339. The Morgan fingerprint density at radius 3 is 1.29 bits per heavy atom. The molecule has 0 aliphatic heterocycles. The molecule has 1 aromatic rings. The van der Waals surface area contributed by atoms with E-state index in [1.165, 1.54) is 0 Å². The highest BCUT2D eigenvalue weighted by atomic mass is 28.4. The standard InChI is InChI=1S/C25H46O5Si/c1-10-18-26-31(27-19-11-2,28-20-12-3)23-21(29-24(6,7)13-4)16-15-17-22(23)30-25(8,9)14-5/h15-17H,10-14,18-20H2,1-9H3. The van der Waals surface area contributed by atoms with E-state index >= 15 is 0 Å². The van der Waals surface area contributed by atoms with E-state index in [1.54, 1.807) is 0 Å². The van der Waals surface area contributed by atoms with Crippen LogP contribution in [0.5, 0.6) is 11.5 Å². The second-order valence-electron chi connectivity index (χ2n) is 9.16. The molecule has 0 fully saturated rings. The molecule has 180 valence electrons. The number of rotatable bonds is 16. The SMILES string of the molecule is CCCO[Si](OCCC)(OCCC)c1c(OC(C)(C)CC)cccc1OC(C)(C)CC. The van der Waals surface area contributed by atoms with Gasteiger partial charge in [-0.2, -0.15) is 0 Å². The van der Waals surface area contributed by atoms with Crippen molar-refractivity contribution in [2.75, 3.05) is 19.8 Å². The predicted molar refractivity (Wildman–Crippen MR) is 131 cm³/mol. The van der Waals surface area contributed by atoms with Crippen LogP contribution in [0.15, 0.2) is 18.2 Å². The van der Waals surface area contributed by atoms with Crippen molar-refractivity contribution in [1.29, 1.82) is 0 Å². The van der Waals surface area contributed by atoms with E-state index in [-0.39, 0.29) is 11.2 Å². The van der Waals surface area contributed by atoms with Crippen LogP contribution in [0, 0.1) is 0 Å². The Balaban J connectivity index is 3.74. The molecule has 0 aromatic heterocycles. The van der Waals surface area contributed by atoms with E-state index in [9.17, 15) is 0 Å². The first-order valence-corrected chi connectivity index (χ1v) is 13.8. The molecule has 0 saturated carbocycles. The summed E-state index contributed by atoms with van der Waals surface area (Å²) in [5, 5.41) is 0.813. The van der Waals surface area contributed by atoms with E-state index in [1.807, 2.05) is 18.2 Å². The molecule has 0 aliphatic carbocycles. The van der Waals surface area contributed by atoms with E-state index in [0.29, 0.717) is 19.8 Å². The molecule has 0 bridgehead atoms. The topological polar surface area (TPSA) is 46.2 Å². The minimum Gasteiger partial charge on any atom is -0.488 e. The van der Waals surface area contributed by atoms with Gasteiger partial charge in [0.1, 0.15) is 27.9 Å². The molecule has 31 heavy (non-hydrogen) atoms. The molecule has 0 spiro atoms. The molecular weight excluding hydrogens is 408 g/mol. The minimum atomic E-state index is -3.30. The van der Waals surface area contributed by atoms with Gasteiger partial charge in [0, 0.05) is 19.8 Å². The van der Waals surface area contributed by atoms with Crippen molar-refractivity contribution in [2.45, 2.75) is 106 Å². The van der Waals surface area contributed by atoms with Gasteiger partial charge in [0.15, 0.2) is 0 Å². The molecule has 0 heterocycles.